The Hall–Kier alpha value is -2.08. The van der Waals surface area contributed by atoms with E-state index in [9.17, 15) is 5.11 Å². The van der Waals surface area contributed by atoms with Crippen molar-refractivity contribution in [2.24, 2.45) is 0 Å². The van der Waals surface area contributed by atoms with Crippen molar-refractivity contribution in [3.8, 4) is 11.5 Å². The lowest BCUT2D eigenvalue weighted by molar-refractivity contribution is -0.0541. The first-order valence-electron chi connectivity index (χ1n) is 12.9. The molecule has 0 spiro atoms. The van der Waals surface area contributed by atoms with Gasteiger partial charge in [-0.2, -0.15) is 0 Å². The molecule has 0 amide bonds. The Morgan fingerprint density at radius 2 is 1.41 bits per heavy atom. The van der Waals surface area contributed by atoms with Gasteiger partial charge in [-0.15, -0.1) is 0 Å². The van der Waals surface area contributed by atoms with Crippen molar-refractivity contribution in [1.82, 2.24) is 4.90 Å². The van der Waals surface area contributed by atoms with Crippen LogP contribution in [0.25, 0.3) is 0 Å². The summed E-state index contributed by atoms with van der Waals surface area (Å²) in [5.74, 6) is 1.74. The van der Waals surface area contributed by atoms with Crippen molar-refractivity contribution in [2.75, 3.05) is 33.4 Å². The van der Waals surface area contributed by atoms with E-state index in [1.54, 1.807) is 0 Å². The smallest absolute Gasteiger partial charge is 0.119 e. The van der Waals surface area contributed by atoms with Crippen LogP contribution in [0.15, 0.2) is 48.5 Å². The number of aryl methyl sites for hydroxylation is 1. The molecule has 2 fully saturated rings. The average Bonchev–Trinajstić information content (AvgIpc) is 3.06. The molecule has 0 bridgehead atoms. The van der Waals surface area contributed by atoms with E-state index in [1.807, 2.05) is 31.4 Å². The van der Waals surface area contributed by atoms with Crippen molar-refractivity contribution in [3.63, 3.8) is 0 Å². The Balaban J connectivity index is 1.26. The Labute approximate surface area is 205 Å². The molecule has 1 saturated carbocycles. The van der Waals surface area contributed by atoms with E-state index in [0.29, 0.717) is 13.2 Å². The number of likely N-dealkylation sites (tertiary alicyclic amines) is 1. The summed E-state index contributed by atoms with van der Waals surface area (Å²) in [6.45, 7) is 6.02. The molecule has 2 aromatic carbocycles. The highest BCUT2D eigenvalue weighted by molar-refractivity contribution is 5.28. The van der Waals surface area contributed by atoms with Crippen molar-refractivity contribution in [1.29, 1.82) is 0 Å². The average molecular weight is 468 g/mol. The van der Waals surface area contributed by atoms with Gasteiger partial charge in [-0.05, 0) is 75.4 Å². The molecule has 4 rings (SSSR count). The molecule has 1 heterocycles. The van der Waals surface area contributed by atoms with Crippen molar-refractivity contribution in [2.45, 2.75) is 76.0 Å². The minimum atomic E-state index is -0.653. The highest BCUT2D eigenvalue weighted by Gasteiger charge is 2.34. The molecule has 0 aromatic heterocycles. The molecule has 0 unspecified atom stereocenters. The monoisotopic (exact) mass is 467 g/mol. The highest BCUT2D eigenvalue weighted by Crippen LogP contribution is 2.30. The van der Waals surface area contributed by atoms with E-state index in [0.717, 1.165) is 76.1 Å². The molecule has 0 radical (unpaired) electrons. The van der Waals surface area contributed by atoms with E-state index < -0.39 is 5.60 Å². The fourth-order valence-corrected chi connectivity index (χ4v) is 5.16. The van der Waals surface area contributed by atoms with E-state index >= 15 is 0 Å². The third-order valence-corrected chi connectivity index (χ3v) is 7.57. The second-order valence-corrected chi connectivity index (χ2v) is 10.3. The minimum absolute atomic E-state index is 0.239. The lowest BCUT2D eigenvalue weighted by atomic mass is 9.85. The lowest BCUT2D eigenvalue weighted by Gasteiger charge is -2.31. The first kappa shape index (κ1) is 25.0. The predicted molar refractivity (Wildman–Crippen MR) is 136 cm³/mol. The van der Waals surface area contributed by atoms with Gasteiger partial charge in [0.05, 0.1) is 5.60 Å². The summed E-state index contributed by atoms with van der Waals surface area (Å²) < 4.78 is 18.1. The Kier molecular flexibility index (Phi) is 8.51. The maximum Gasteiger partial charge on any atom is 0.119 e. The normalized spacial score (nSPS) is 23.3. The van der Waals surface area contributed by atoms with Crippen LogP contribution in [0.4, 0.5) is 0 Å². The lowest BCUT2D eigenvalue weighted by Crippen LogP contribution is -2.39. The van der Waals surface area contributed by atoms with Crippen LogP contribution in [-0.2, 0) is 11.3 Å². The van der Waals surface area contributed by atoms with Gasteiger partial charge in [-0.1, -0.05) is 49.1 Å². The van der Waals surface area contributed by atoms with Gasteiger partial charge in [0.15, 0.2) is 0 Å². The fraction of sp³-hybridized carbons (Fsp3) is 0.586. The van der Waals surface area contributed by atoms with Gasteiger partial charge in [0, 0.05) is 20.2 Å². The van der Waals surface area contributed by atoms with Crippen LogP contribution in [0.1, 0.15) is 62.5 Å². The zero-order valence-electron chi connectivity index (χ0n) is 20.9. The van der Waals surface area contributed by atoms with Crippen molar-refractivity contribution >= 4 is 0 Å². The number of rotatable bonds is 9. The summed E-state index contributed by atoms with van der Waals surface area (Å²) in [6, 6.07) is 16.6. The van der Waals surface area contributed by atoms with Gasteiger partial charge >= 0.3 is 0 Å². The zero-order valence-corrected chi connectivity index (χ0v) is 20.9. The van der Waals surface area contributed by atoms with Gasteiger partial charge < -0.3 is 19.3 Å². The van der Waals surface area contributed by atoms with E-state index in [2.05, 4.69) is 36.1 Å². The predicted octanol–water partition coefficient (Wildman–Crippen LogP) is 5.52. The number of methoxy groups -OCH3 is 1. The van der Waals surface area contributed by atoms with Crippen LogP contribution in [0, 0.1) is 6.92 Å². The SMILES string of the molecule is CO[C@@]1(COc2ccc(C)cc2)CCCN(Cc2ccc(OCC3(O)CCCCC3)cc2)CC1. The van der Waals surface area contributed by atoms with Crippen LogP contribution in [0.3, 0.4) is 0 Å². The standard InChI is InChI=1S/C29H41NO4/c1-24-7-11-26(12-8-24)34-23-29(32-2)17-6-19-30(20-18-29)21-25-9-13-27(14-10-25)33-22-28(31)15-4-3-5-16-28/h7-14,31H,3-6,15-23H2,1-2H3/t29-/m0/s1. The number of hydrogen-bond acceptors (Lipinski definition) is 5. The van der Waals surface area contributed by atoms with Crippen LogP contribution in [0.5, 0.6) is 11.5 Å². The number of benzene rings is 2. The molecular formula is C29H41NO4. The van der Waals surface area contributed by atoms with Gasteiger partial charge in [-0.3, -0.25) is 4.90 Å². The van der Waals surface area contributed by atoms with Gasteiger partial charge in [0.1, 0.15) is 30.3 Å². The minimum Gasteiger partial charge on any atom is -0.491 e. The van der Waals surface area contributed by atoms with Crippen LogP contribution < -0.4 is 9.47 Å². The molecular weight excluding hydrogens is 426 g/mol. The summed E-state index contributed by atoms with van der Waals surface area (Å²) in [5, 5.41) is 10.7. The molecule has 186 valence electrons. The molecule has 1 aliphatic heterocycles. The molecule has 2 aromatic rings. The molecule has 1 N–H and O–H groups in total. The number of ether oxygens (including phenoxy) is 3. The molecule has 2 aliphatic rings. The molecule has 1 aliphatic carbocycles. The zero-order chi connectivity index (χ0) is 23.9. The van der Waals surface area contributed by atoms with Gasteiger partial charge in [0.25, 0.3) is 0 Å². The summed E-state index contributed by atoms with van der Waals surface area (Å²) in [7, 11) is 1.82. The second kappa shape index (κ2) is 11.6. The third kappa shape index (κ3) is 6.97. The highest BCUT2D eigenvalue weighted by atomic mass is 16.5. The molecule has 1 saturated heterocycles. The number of nitrogens with zero attached hydrogens (tertiary/aromatic N) is 1. The number of aliphatic hydroxyl groups is 1. The quantitative estimate of drug-likeness (QED) is 0.526. The summed E-state index contributed by atoms with van der Waals surface area (Å²) in [5.41, 5.74) is 1.63. The topological polar surface area (TPSA) is 51.2 Å². The van der Waals surface area contributed by atoms with E-state index in [4.69, 9.17) is 14.2 Å². The van der Waals surface area contributed by atoms with Crippen LogP contribution in [0.2, 0.25) is 0 Å². The van der Waals surface area contributed by atoms with Crippen molar-refractivity contribution < 1.29 is 19.3 Å². The van der Waals surface area contributed by atoms with Gasteiger partial charge in [-0.25, -0.2) is 0 Å². The van der Waals surface area contributed by atoms with Crippen LogP contribution >= 0.6 is 0 Å². The first-order valence-corrected chi connectivity index (χ1v) is 12.9. The van der Waals surface area contributed by atoms with Gasteiger partial charge in [0.2, 0.25) is 0 Å². The molecule has 1 atom stereocenters. The molecule has 34 heavy (non-hydrogen) atoms. The maximum atomic E-state index is 10.7. The van der Waals surface area contributed by atoms with E-state index in [1.165, 1.54) is 17.5 Å². The summed E-state index contributed by atoms with van der Waals surface area (Å²) in [4.78, 5) is 2.51. The first-order chi connectivity index (χ1) is 16.5. The Morgan fingerprint density at radius 3 is 2.09 bits per heavy atom. The Bertz CT molecular complexity index is 876. The Morgan fingerprint density at radius 1 is 0.765 bits per heavy atom. The summed E-state index contributed by atoms with van der Waals surface area (Å²) >= 11 is 0. The second-order valence-electron chi connectivity index (χ2n) is 10.3. The summed E-state index contributed by atoms with van der Waals surface area (Å²) in [6.07, 6.45) is 8.15. The largest absolute Gasteiger partial charge is 0.491 e. The maximum absolute atomic E-state index is 10.7. The molecule has 5 nitrogen and oxygen atoms in total. The van der Waals surface area contributed by atoms with Crippen LogP contribution in [-0.4, -0.2) is 54.6 Å². The number of hydrogen-bond donors (Lipinski definition) is 1. The third-order valence-electron chi connectivity index (χ3n) is 7.57. The van der Waals surface area contributed by atoms with Crippen molar-refractivity contribution in [3.05, 3.63) is 59.7 Å². The van der Waals surface area contributed by atoms with E-state index in [-0.39, 0.29) is 5.60 Å². The fourth-order valence-electron chi connectivity index (χ4n) is 5.16. The molecule has 5 heteroatoms.